The monoisotopic (exact) mass is 438 g/mol. The maximum absolute atomic E-state index is 14.0. The van der Waals surface area contributed by atoms with E-state index in [-0.39, 0.29) is 5.43 Å². The Labute approximate surface area is 197 Å². The largest absolute Gasteiger partial charge is 0.310 e. The minimum absolute atomic E-state index is 0.0326. The van der Waals surface area contributed by atoms with Crippen molar-refractivity contribution in [1.29, 1.82) is 0 Å². The Balaban J connectivity index is 1.77. The molecule has 0 aliphatic carbocycles. The summed E-state index contributed by atoms with van der Waals surface area (Å²) in [5, 5.41) is 1.39. The Morgan fingerprint density at radius 3 is 1.68 bits per heavy atom. The van der Waals surface area contributed by atoms with E-state index in [2.05, 4.69) is 45.9 Å². The molecule has 0 unspecified atom stereocenters. The maximum atomic E-state index is 14.0. The van der Waals surface area contributed by atoms with Crippen molar-refractivity contribution in [2.75, 3.05) is 4.90 Å². The van der Waals surface area contributed by atoms with Crippen LogP contribution in [-0.4, -0.2) is 4.57 Å². The van der Waals surface area contributed by atoms with E-state index < -0.39 is 0 Å². The molecule has 6 rings (SSSR count). The molecule has 3 nitrogen and oxygen atoms in total. The zero-order chi connectivity index (χ0) is 22.9. The summed E-state index contributed by atoms with van der Waals surface area (Å²) in [7, 11) is 0. The second kappa shape index (κ2) is 8.38. The highest BCUT2D eigenvalue weighted by Gasteiger charge is 2.20. The molecule has 0 spiro atoms. The summed E-state index contributed by atoms with van der Waals surface area (Å²) in [5.41, 5.74) is 5.69. The van der Waals surface area contributed by atoms with E-state index >= 15 is 0 Å². The predicted octanol–water partition coefficient (Wildman–Crippen LogP) is 7.61. The van der Waals surface area contributed by atoms with Crippen molar-refractivity contribution in [1.82, 2.24) is 4.57 Å². The van der Waals surface area contributed by atoms with Crippen molar-refractivity contribution in [2.45, 2.75) is 0 Å². The second-order valence-corrected chi connectivity index (χ2v) is 8.20. The predicted molar refractivity (Wildman–Crippen MR) is 142 cm³/mol. The fraction of sp³-hybridized carbons (Fsp3) is 0. The fourth-order valence-corrected chi connectivity index (χ4v) is 4.70. The summed E-state index contributed by atoms with van der Waals surface area (Å²) in [6.07, 6.45) is 0. The molecule has 6 aromatic rings. The van der Waals surface area contributed by atoms with Crippen LogP contribution in [0, 0.1) is 0 Å². The number of anilines is 3. The van der Waals surface area contributed by atoms with Gasteiger partial charge in [-0.15, -0.1) is 0 Å². The molecule has 34 heavy (non-hydrogen) atoms. The average Bonchev–Trinajstić information content (AvgIpc) is 2.91. The van der Waals surface area contributed by atoms with Gasteiger partial charge in [-0.2, -0.15) is 0 Å². The van der Waals surface area contributed by atoms with Crippen molar-refractivity contribution in [3.05, 3.63) is 144 Å². The zero-order valence-corrected chi connectivity index (χ0v) is 18.5. The van der Waals surface area contributed by atoms with Gasteiger partial charge in [-0.1, -0.05) is 72.8 Å². The van der Waals surface area contributed by atoms with Gasteiger partial charge in [-0.3, -0.25) is 4.79 Å². The molecule has 0 fully saturated rings. The molecule has 5 aromatic carbocycles. The Hall–Kier alpha value is -4.63. The molecular formula is C31H22N2O. The molecule has 0 saturated heterocycles. The van der Waals surface area contributed by atoms with Gasteiger partial charge < -0.3 is 9.47 Å². The third-order valence-corrected chi connectivity index (χ3v) is 6.16. The first kappa shape index (κ1) is 20.0. The first-order chi connectivity index (χ1) is 16.8. The van der Waals surface area contributed by atoms with Gasteiger partial charge in [0.25, 0.3) is 0 Å². The summed E-state index contributed by atoms with van der Waals surface area (Å²) in [4.78, 5) is 16.2. The number of benzene rings is 5. The summed E-state index contributed by atoms with van der Waals surface area (Å²) in [5.74, 6) is 0. The minimum Gasteiger partial charge on any atom is -0.310 e. The Morgan fingerprint density at radius 2 is 1.03 bits per heavy atom. The number of nitrogens with zero attached hydrogens (tertiary/aromatic N) is 2. The molecule has 162 valence electrons. The summed E-state index contributed by atoms with van der Waals surface area (Å²) in [6.45, 7) is 0. The SMILES string of the molecule is O=c1c2ccccc2n(-c2ccccc2)c2cccc(N(c3ccccc3)c3ccccc3)c12. The van der Waals surface area contributed by atoms with Crippen LogP contribution in [0.25, 0.3) is 27.5 Å². The van der Waals surface area contributed by atoms with Crippen LogP contribution in [0.1, 0.15) is 0 Å². The Bertz CT molecular complexity index is 1620. The van der Waals surface area contributed by atoms with Crippen molar-refractivity contribution < 1.29 is 0 Å². The standard InChI is InChI=1S/C31H22N2O/c34-31-26-19-10-11-20-27(26)33(25-17-8-3-9-18-25)29-22-12-21-28(30(29)31)32(23-13-4-1-5-14-23)24-15-6-2-7-16-24/h1-22H. The van der Waals surface area contributed by atoms with E-state index in [1.807, 2.05) is 97.1 Å². The van der Waals surface area contributed by atoms with Crippen molar-refractivity contribution in [2.24, 2.45) is 0 Å². The van der Waals surface area contributed by atoms with Gasteiger partial charge in [0.05, 0.1) is 22.1 Å². The first-order valence-electron chi connectivity index (χ1n) is 11.3. The van der Waals surface area contributed by atoms with Crippen molar-refractivity contribution >= 4 is 38.9 Å². The quantitative estimate of drug-likeness (QED) is 0.265. The van der Waals surface area contributed by atoms with Crippen LogP contribution in [0.2, 0.25) is 0 Å². The molecular weight excluding hydrogens is 416 g/mol. The van der Waals surface area contributed by atoms with Gasteiger partial charge in [0, 0.05) is 22.4 Å². The van der Waals surface area contributed by atoms with E-state index in [0.29, 0.717) is 10.8 Å². The Morgan fingerprint density at radius 1 is 0.500 bits per heavy atom. The van der Waals surface area contributed by atoms with E-state index in [9.17, 15) is 4.79 Å². The molecule has 0 atom stereocenters. The van der Waals surface area contributed by atoms with Gasteiger partial charge in [0.1, 0.15) is 0 Å². The maximum Gasteiger partial charge on any atom is 0.199 e. The lowest BCUT2D eigenvalue weighted by molar-refractivity contribution is 1.16. The fourth-order valence-electron chi connectivity index (χ4n) is 4.70. The molecule has 0 radical (unpaired) electrons. The highest BCUT2D eigenvalue weighted by atomic mass is 16.1. The van der Waals surface area contributed by atoms with E-state index in [0.717, 1.165) is 33.8 Å². The lowest BCUT2D eigenvalue weighted by atomic mass is 10.0. The number of rotatable bonds is 4. The first-order valence-corrected chi connectivity index (χ1v) is 11.3. The van der Waals surface area contributed by atoms with Crippen molar-refractivity contribution in [3.8, 4) is 5.69 Å². The third-order valence-electron chi connectivity index (χ3n) is 6.16. The van der Waals surface area contributed by atoms with Gasteiger partial charge in [-0.25, -0.2) is 0 Å². The smallest absolute Gasteiger partial charge is 0.199 e. The van der Waals surface area contributed by atoms with E-state index in [1.54, 1.807) is 0 Å². The van der Waals surface area contributed by atoms with E-state index in [4.69, 9.17) is 0 Å². The molecule has 0 saturated carbocycles. The van der Waals surface area contributed by atoms with Crippen LogP contribution >= 0.6 is 0 Å². The lowest BCUT2D eigenvalue weighted by Crippen LogP contribution is -2.16. The van der Waals surface area contributed by atoms with Gasteiger partial charge in [0.2, 0.25) is 0 Å². The topological polar surface area (TPSA) is 25.2 Å². The number of pyridine rings is 1. The van der Waals surface area contributed by atoms with Gasteiger partial charge in [-0.05, 0) is 60.7 Å². The molecule has 0 N–H and O–H groups in total. The number of para-hydroxylation sites is 4. The van der Waals surface area contributed by atoms with E-state index in [1.165, 1.54) is 0 Å². The summed E-state index contributed by atoms with van der Waals surface area (Å²) >= 11 is 0. The van der Waals surface area contributed by atoms with Gasteiger partial charge >= 0.3 is 0 Å². The summed E-state index contributed by atoms with van der Waals surface area (Å²) in [6, 6.07) is 44.6. The van der Waals surface area contributed by atoms with Crippen LogP contribution in [0.4, 0.5) is 17.1 Å². The molecule has 1 heterocycles. The molecule has 3 heteroatoms. The number of aromatic nitrogens is 1. The molecule has 1 aromatic heterocycles. The third kappa shape index (κ3) is 3.26. The number of hydrogen-bond acceptors (Lipinski definition) is 2. The second-order valence-electron chi connectivity index (χ2n) is 8.20. The lowest BCUT2D eigenvalue weighted by Gasteiger charge is -2.27. The van der Waals surface area contributed by atoms with Crippen LogP contribution < -0.4 is 10.3 Å². The molecule has 0 aliphatic heterocycles. The zero-order valence-electron chi connectivity index (χ0n) is 18.5. The Kier molecular flexibility index (Phi) is 4.93. The van der Waals surface area contributed by atoms with Crippen LogP contribution in [0.15, 0.2) is 138 Å². The van der Waals surface area contributed by atoms with Crippen molar-refractivity contribution in [3.63, 3.8) is 0 Å². The summed E-state index contributed by atoms with van der Waals surface area (Å²) < 4.78 is 2.18. The average molecular weight is 439 g/mol. The normalized spacial score (nSPS) is 11.1. The highest BCUT2D eigenvalue weighted by Crippen LogP contribution is 2.38. The molecule has 0 aliphatic rings. The number of hydrogen-bond donors (Lipinski definition) is 0. The van der Waals surface area contributed by atoms with Crippen LogP contribution in [-0.2, 0) is 0 Å². The van der Waals surface area contributed by atoms with Crippen LogP contribution in [0.3, 0.4) is 0 Å². The minimum atomic E-state index is 0.0326. The van der Waals surface area contributed by atoms with Gasteiger partial charge in [0.15, 0.2) is 5.43 Å². The van der Waals surface area contributed by atoms with Crippen LogP contribution in [0.5, 0.6) is 0 Å². The number of fused-ring (bicyclic) bond motifs is 2. The highest BCUT2D eigenvalue weighted by molar-refractivity contribution is 6.04. The molecule has 0 amide bonds. The molecule has 0 bridgehead atoms.